The topological polar surface area (TPSA) is 182 Å². The molecule has 32 heavy (non-hydrogen) atoms. The summed E-state index contributed by atoms with van der Waals surface area (Å²) in [5.74, 6) is -8.19. The first-order valence-electron chi connectivity index (χ1n) is 9.69. The van der Waals surface area contributed by atoms with E-state index in [-0.39, 0.29) is 22.6 Å². The molecule has 1 aromatic carbocycles. The number of carbonyl (C=O) groups excluding carboxylic acids is 3. The molecule has 170 valence electrons. The maximum atomic E-state index is 13.6. The van der Waals surface area contributed by atoms with Crippen molar-refractivity contribution < 1.29 is 39.9 Å². The fourth-order valence-electron chi connectivity index (χ4n) is 5.24. The van der Waals surface area contributed by atoms with Crippen LogP contribution in [0.15, 0.2) is 29.0 Å². The summed E-state index contributed by atoms with van der Waals surface area (Å²) in [6, 6.07) is 1.25. The molecular formula is C21H21ClN2O8. The quantitative estimate of drug-likeness (QED) is 0.331. The third kappa shape index (κ3) is 2.61. The van der Waals surface area contributed by atoms with Crippen LogP contribution in [-0.2, 0) is 14.4 Å². The van der Waals surface area contributed by atoms with E-state index in [1.807, 2.05) is 0 Å². The summed E-state index contributed by atoms with van der Waals surface area (Å²) in [6.45, 7) is 0. The van der Waals surface area contributed by atoms with E-state index in [0.717, 1.165) is 0 Å². The van der Waals surface area contributed by atoms with Crippen molar-refractivity contribution >= 4 is 34.8 Å². The Kier molecular flexibility index (Phi) is 4.90. The fourth-order valence-corrected chi connectivity index (χ4v) is 5.51. The Morgan fingerprint density at radius 3 is 2.41 bits per heavy atom. The van der Waals surface area contributed by atoms with Gasteiger partial charge >= 0.3 is 0 Å². The number of rotatable bonds is 2. The van der Waals surface area contributed by atoms with Gasteiger partial charge in [0.05, 0.1) is 17.7 Å². The van der Waals surface area contributed by atoms with Crippen LogP contribution >= 0.6 is 11.6 Å². The summed E-state index contributed by atoms with van der Waals surface area (Å²) in [5, 5.41) is 54.4. The third-order valence-electron chi connectivity index (χ3n) is 6.64. The number of aliphatic hydroxyl groups excluding tert-OH is 3. The standard InChI is InChI=1S/C21H21ClN2O8/c1-24(2)14-7-5-6-10(16(27)12-9(25)4-3-8(22)11(12)15(6)26)18(29)21(7,32)19(30)13(17(14)28)20(23)31/h3-4,6-7,14-15,25-27,30,32H,5H2,1-2H3,(H2,23,31)/t6?,7?,14-,15-,21?/m1/s1. The number of ketones is 2. The summed E-state index contributed by atoms with van der Waals surface area (Å²) in [4.78, 5) is 39.8. The van der Waals surface area contributed by atoms with Crippen molar-refractivity contribution in [2.75, 3.05) is 14.1 Å². The van der Waals surface area contributed by atoms with Crippen LogP contribution in [0.1, 0.15) is 23.7 Å². The van der Waals surface area contributed by atoms with Crippen LogP contribution in [0.2, 0.25) is 5.02 Å². The SMILES string of the molecule is CN(C)[C@H]1C(=O)C(C(N)=O)=C(O)C2(O)C(=O)C3=C(O)c4c(O)ccc(Cl)c4[C@H](O)C3CC12. The van der Waals surface area contributed by atoms with Crippen LogP contribution in [0, 0.1) is 11.8 Å². The van der Waals surface area contributed by atoms with Crippen LogP contribution < -0.4 is 5.73 Å². The monoisotopic (exact) mass is 464 g/mol. The van der Waals surface area contributed by atoms with Crippen molar-refractivity contribution in [3.63, 3.8) is 0 Å². The fraction of sp³-hybridized carbons (Fsp3) is 0.381. The second-order valence-electron chi connectivity index (χ2n) is 8.47. The highest BCUT2D eigenvalue weighted by atomic mass is 35.5. The molecule has 0 spiro atoms. The van der Waals surface area contributed by atoms with E-state index in [0.29, 0.717) is 0 Å². The molecule has 1 amide bonds. The maximum absolute atomic E-state index is 13.6. The molecule has 3 unspecified atom stereocenters. The van der Waals surface area contributed by atoms with Crippen molar-refractivity contribution in [2.45, 2.75) is 24.2 Å². The van der Waals surface area contributed by atoms with Gasteiger partial charge in [-0.1, -0.05) is 11.6 Å². The molecule has 5 atom stereocenters. The van der Waals surface area contributed by atoms with Crippen LogP contribution in [0.25, 0.3) is 5.76 Å². The molecule has 7 N–H and O–H groups in total. The minimum Gasteiger partial charge on any atom is -0.508 e. The number of aromatic hydroxyl groups is 1. The van der Waals surface area contributed by atoms with E-state index in [4.69, 9.17) is 17.3 Å². The number of phenols is 1. The Bertz CT molecular complexity index is 1160. The first kappa shape index (κ1) is 22.3. The van der Waals surface area contributed by atoms with E-state index in [2.05, 4.69) is 0 Å². The zero-order valence-corrected chi connectivity index (χ0v) is 17.8. The van der Waals surface area contributed by atoms with Gasteiger partial charge in [-0.15, -0.1) is 0 Å². The first-order chi connectivity index (χ1) is 14.8. The van der Waals surface area contributed by atoms with E-state index >= 15 is 0 Å². The molecule has 0 radical (unpaired) electrons. The lowest BCUT2D eigenvalue weighted by molar-refractivity contribution is -0.155. The molecule has 0 aliphatic heterocycles. The van der Waals surface area contributed by atoms with Crippen LogP contribution in [0.4, 0.5) is 0 Å². The maximum Gasteiger partial charge on any atom is 0.255 e. The second-order valence-corrected chi connectivity index (χ2v) is 8.87. The Morgan fingerprint density at radius 2 is 1.84 bits per heavy atom. The number of hydrogen-bond acceptors (Lipinski definition) is 9. The number of primary amides is 1. The van der Waals surface area contributed by atoms with Gasteiger partial charge in [0, 0.05) is 28.0 Å². The number of nitrogens with two attached hydrogens (primary N) is 1. The summed E-state index contributed by atoms with van der Waals surface area (Å²) in [7, 11) is 2.97. The summed E-state index contributed by atoms with van der Waals surface area (Å²) in [5.41, 5.74) is 0.845. The molecule has 0 heterocycles. The highest BCUT2D eigenvalue weighted by Gasteiger charge is 2.65. The number of halogens is 1. The summed E-state index contributed by atoms with van der Waals surface area (Å²) >= 11 is 6.19. The third-order valence-corrected chi connectivity index (χ3v) is 6.97. The Labute approximate surface area is 186 Å². The number of Topliss-reactive ketones (excluding diaryl/α,β-unsaturated/α-hetero) is 2. The number of carbonyl (C=O) groups is 3. The lowest BCUT2D eigenvalue weighted by Gasteiger charge is -2.51. The molecule has 3 aliphatic carbocycles. The molecule has 4 rings (SSSR count). The highest BCUT2D eigenvalue weighted by molar-refractivity contribution is 6.32. The van der Waals surface area contributed by atoms with Gasteiger partial charge in [-0.3, -0.25) is 19.3 Å². The lowest BCUT2D eigenvalue weighted by Crippen LogP contribution is -2.66. The number of nitrogens with zero attached hydrogens (tertiary/aromatic N) is 1. The van der Waals surface area contributed by atoms with E-state index < -0.39 is 75.5 Å². The van der Waals surface area contributed by atoms with E-state index in [1.165, 1.54) is 31.1 Å². The van der Waals surface area contributed by atoms with Crippen LogP contribution in [0.3, 0.4) is 0 Å². The minimum absolute atomic E-state index is 0.00251. The van der Waals surface area contributed by atoms with Gasteiger partial charge < -0.3 is 31.3 Å². The van der Waals surface area contributed by atoms with Gasteiger partial charge in [0.25, 0.3) is 5.91 Å². The van der Waals surface area contributed by atoms with Gasteiger partial charge in [-0.25, -0.2) is 0 Å². The van der Waals surface area contributed by atoms with Crippen molar-refractivity contribution in [3.8, 4) is 5.75 Å². The highest BCUT2D eigenvalue weighted by Crippen LogP contribution is 2.56. The number of hydrogen-bond donors (Lipinski definition) is 6. The number of likely N-dealkylation sites (N-methyl/N-ethyl adjacent to an activating group) is 1. The van der Waals surface area contributed by atoms with Crippen molar-refractivity contribution in [1.29, 1.82) is 0 Å². The summed E-state index contributed by atoms with van der Waals surface area (Å²) < 4.78 is 0. The molecule has 1 saturated carbocycles. The molecule has 10 nitrogen and oxygen atoms in total. The van der Waals surface area contributed by atoms with Crippen molar-refractivity contribution in [2.24, 2.45) is 17.6 Å². The van der Waals surface area contributed by atoms with E-state index in [9.17, 15) is 39.9 Å². The first-order valence-corrected chi connectivity index (χ1v) is 10.1. The average molecular weight is 465 g/mol. The number of fused-ring (bicyclic) bond motifs is 3. The van der Waals surface area contributed by atoms with Gasteiger partial charge in [-0.05, 0) is 32.6 Å². The second kappa shape index (κ2) is 7.04. The van der Waals surface area contributed by atoms with Gasteiger partial charge in [-0.2, -0.15) is 0 Å². The van der Waals surface area contributed by atoms with Crippen LogP contribution in [0.5, 0.6) is 5.75 Å². The van der Waals surface area contributed by atoms with E-state index in [1.54, 1.807) is 0 Å². The number of benzene rings is 1. The molecular weight excluding hydrogens is 444 g/mol. The van der Waals surface area contributed by atoms with Crippen molar-refractivity contribution in [3.05, 3.63) is 45.2 Å². The van der Waals surface area contributed by atoms with Crippen molar-refractivity contribution in [1.82, 2.24) is 4.90 Å². The predicted molar refractivity (Wildman–Crippen MR) is 111 cm³/mol. The number of aliphatic hydroxyl groups is 4. The van der Waals surface area contributed by atoms with Gasteiger partial charge in [0.1, 0.15) is 22.8 Å². The zero-order chi connectivity index (χ0) is 23.9. The average Bonchev–Trinajstić information content (AvgIpc) is 2.69. The molecule has 11 heteroatoms. The van der Waals surface area contributed by atoms with Gasteiger partial charge in [0.2, 0.25) is 5.78 Å². The lowest BCUT2D eigenvalue weighted by atomic mass is 9.57. The normalized spacial score (nSPS) is 32.1. The zero-order valence-electron chi connectivity index (χ0n) is 17.0. The smallest absolute Gasteiger partial charge is 0.255 e. The Hall–Kier alpha value is -2.92. The molecule has 1 aromatic rings. The molecule has 3 aliphatic rings. The predicted octanol–water partition coefficient (Wildman–Crippen LogP) is 0.108. The largest absolute Gasteiger partial charge is 0.508 e. The molecule has 0 aromatic heterocycles. The van der Waals surface area contributed by atoms with Crippen LogP contribution in [-0.4, -0.2) is 73.6 Å². The Morgan fingerprint density at radius 1 is 1.22 bits per heavy atom. The molecule has 0 bridgehead atoms. The Balaban J connectivity index is 2.03. The minimum atomic E-state index is -2.77. The molecule has 1 fully saturated rings. The number of phenolic OH excluding ortho intramolecular Hbond substituents is 1. The van der Waals surface area contributed by atoms with Gasteiger partial charge in [0.15, 0.2) is 11.4 Å². The number of amides is 1. The summed E-state index contributed by atoms with van der Waals surface area (Å²) in [6.07, 6.45) is -1.70. The molecule has 0 saturated heterocycles.